The predicted molar refractivity (Wildman–Crippen MR) is 85.7 cm³/mol. The van der Waals surface area contributed by atoms with Crippen LogP contribution in [0.2, 0.25) is 0 Å². The van der Waals surface area contributed by atoms with Gasteiger partial charge in [-0.3, -0.25) is 0 Å². The van der Waals surface area contributed by atoms with Gasteiger partial charge in [-0.2, -0.15) is 11.8 Å². The second kappa shape index (κ2) is 9.28. The molecule has 2 amide bonds. The first-order valence-corrected chi connectivity index (χ1v) is 8.28. The van der Waals surface area contributed by atoms with Gasteiger partial charge in [0.15, 0.2) is 0 Å². The van der Waals surface area contributed by atoms with Gasteiger partial charge in [0.2, 0.25) is 0 Å². The fourth-order valence-corrected chi connectivity index (χ4v) is 2.62. The number of hydrogen-bond donors (Lipinski definition) is 3. The fraction of sp³-hybridized carbons (Fsp3) is 0.467. The lowest BCUT2D eigenvalue weighted by Crippen LogP contribution is -2.50. The molecule has 1 aromatic rings. The lowest BCUT2D eigenvalue weighted by Gasteiger charge is -2.19. The van der Waals surface area contributed by atoms with E-state index in [0.717, 1.165) is 17.7 Å². The highest BCUT2D eigenvalue weighted by atomic mass is 32.2. The van der Waals surface area contributed by atoms with Gasteiger partial charge in [0.05, 0.1) is 0 Å². The van der Waals surface area contributed by atoms with Crippen molar-refractivity contribution >= 4 is 23.8 Å². The second-order valence-corrected chi connectivity index (χ2v) is 5.67. The molecule has 6 heteroatoms. The zero-order chi connectivity index (χ0) is 15.7. The largest absolute Gasteiger partial charge is 0.480 e. The average Bonchev–Trinajstić information content (AvgIpc) is 2.47. The molecule has 0 aliphatic heterocycles. The molecule has 1 aromatic carbocycles. The minimum Gasteiger partial charge on any atom is -0.480 e. The number of amides is 2. The molecule has 2 unspecified atom stereocenters. The van der Waals surface area contributed by atoms with Gasteiger partial charge < -0.3 is 15.7 Å². The molecule has 116 valence electrons. The zero-order valence-electron chi connectivity index (χ0n) is 12.3. The summed E-state index contributed by atoms with van der Waals surface area (Å²) in [4.78, 5) is 23.2. The topological polar surface area (TPSA) is 78.4 Å². The van der Waals surface area contributed by atoms with Crippen molar-refractivity contribution in [3.8, 4) is 0 Å². The van der Waals surface area contributed by atoms with Crippen molar-refractivity contribution in [2.75, 3.05) is 12.0 Å². The average molecular weight is 310 g/mol. The summed E-state index contributed by atoms with van der Waals surface area (Å²) in [5.74, 6) is -0.229. The number of thioether (sulfide) groups is 1. The summed E-state index contributed by atoms with van der Waals surface area (Å²) in [5, 5.41) is 14.6. The summed E-state index contributed by atoms with van der Waals surface area (Å²) in [7, 11) is 0. The number of benzene rings is 1. The van der Waals surface area contributed by atoms with Crippen molar-refractivity contribution in [2.24, 2.45) is 0 Å². The highest BCUT2D eigenvalue weighted by Crippen LogP contribution is 2.04. The number of hydrogen-bond acceptors (Lipinski definition) is 3. The van der Waals surface area contributed by atoms with Crippen LogP contribution in [-0.4, -0.2) is 41.2 Å². The molecule has 0 spiro atoms. The van der Waals surface area contributed by atoms with Gasteiger partial charge in [-0.1, -0.05) is 37.3 Å². The molecular weight excluding hydrogens is 288 g/mol. The number of carbonyl (C=O) groups excluding carboxylic acids is 1. The Bertz CT molecular complexity index is 453. The Hall–Kier alpha value is -1.69. The van der Waals surface area contributed by atoms with Crippen molar-refractivity contribution in [3.05, 3.63) is 35.9 Å². The summed E-state index contributed by atoms with van der Waals surface area (Å²) in [6.45, 7) is 1.99. The smallest absolute Gasteiger partial charge is 0.326 e. The number of carboxylic acids is 1. The number of nitrogens with one attached hydrogen (secondary N) is 2. The van der Waals surface area contributed by atoms with Gasteiger partial charge >= 0.3 is 12.0 Å². The first kappa shape index (κ1) is 17.4. The van der Waals surface area contributed by atoms with E-state index in [1.54, 1.807) is 11.8 Å². The van der Waals surface area contributed by atoms with E-state index in [1.807, 2.05) is 43.5 Å². The molecule has 5 nitrogen and oxygen atoms in total. The standard InChI is InChI=1S/C15H22N2O3S/c1-3-12(10-21-2)16-15(20)17-13(14(18)19)9-11-7-5-4-6-8-11/h4-8,12-13H,3,9-10H2,1-2H3,(H,18,19)(H2,16,17,20). The fourth-order valence-electron chi connectivity index (χ4n) is 1.90. The third-order valence-corrected chi connectivity index (χ3v) is 3.82. The van der Waals surface area contributed by atoms with Crippen molar-refractivity contribution in [3.63, 3.8) is 0 Å². The van der Waals surface area contributed by atoms with Crippen LogP contribution in [0.1, 0.15) is 18.9 Å². The molecule has 0 fully saturated rings. The van der Waals surface area contributed by atoms with E-state index in [9.17, 15) is 14.7 Å². The predicted octanol–water partition coefficient (Wildman–Crippen LogP) is 2.12. The van der Waals surface area contributed by atoms with E-state index < -0.39 is 18.0 Å². The summed E-state index contributed by atoms with van der Waals surface area (Å²) >= 11 is 1.65. The maximum absolute atomic E-state index is 11.9. The number of carbonyl (C=O) groups is 2. The van der Waals surface area contributed by atoms with Crippen LogP contribution in [0.4, 0.5) is 4.79 Å². The van der Waals surface area contributed by atoms with E-state index in [0.29, 0.717) is 0 Å². The van der Waals surface area contributed by atoms with Crippen LogP contribution in [0.3, 0.4) is 0 Å². The maximum Gasteiger partial charge on any atom is 0.326 e. The minimum absolute atomic E-state index is 0.0474. The lowest BCUT2D eigenvalue weighted by atomic mass is 10.1. The Morgan fingerprint density at radius 3 is 2.43 bits per heavy atom. The first-order valence-electron chi connectivity index (χ1n) is 6.89. The SMILES string of the molecule is CCC(CSC)NC(=O)NC(Cc1ccccc1)C(=O)O. The van der Waals surface area contributed by atoms with Crippen LogP contribution in [0.15, 0.2) is 30.3 Å². The normalized spacial score (nSPS) is 13.2. The Labute approximate surface area is 129 Å². The van der Waals surface area contributed by atoms with Crippen molar-refractivity contribution in [2.45, 2.75) is 31.8 Å². The first-order chi connectivity index (χ1) is 10.1. The van der Waals surface area contributed by atoms with Crippen LogP contribution >= 0.6 is 11.8 Å². The summed E-state index contributed by atoms with van der Waals surface area (Å²) in [5.41, 5.74) is 0.876. The number of carboxylic acid groups (broad SMARTS) is 1. The van der Waals surface area contributed by atoms with Crippen LogP contribution in [-0.2, 0) is 11.2 Å². The van der Waals surface area contributed by atoms with Gasteiger partial charge in [0.1, 0.15) is 6.04 Å². The Morgan fingerprint density at radius 1 is 1.24 bits per heavy atom. The van der Waals surface area contributed by atoms with Crippen LogP contribution in [0.5, 0.6) is 0 Å². The molecule has 0 bridgehead atoms. The summed E-state index contributed by atoms with van der Waals surface area (Å²) in [6, 6.07) is 7.94. The van der Waals surface area contributed by atoms with E-state index >= 15 is 0 Å². The third kappa shape index (κ3) is 6.53. The van der Waals surface area contributed by atoms with Crippen molar-refractivity contribution in [1.29, 1.82) is 0 Å². The van der Waals surface area contributed by atoms with Gasteiger partial charge in [0.25, 0.3) is 0 Å². The molecular formula is C15H22N2O3S. The molecule has 3 N–H and O–H groups in total. The van der Waals surface area contributed by atoms with Crippen LogP contribution < -0.4 is 10.6 Å². The van der Waals surface area contributed by atoms with Crippen molar-refractivity contribution < 1.29 is 14.7 Å². The molecule has 0 saturated heterocycles. The minimum atomic E-state index is -1.04. The van der Waals surface area contributed by atoms with E-state index in [-0.39, 0.29) is 12.5 Å². The lowest BCUT2D eigenvalue weighted by molar-refractivity contribution is -0.139. The molecule has 0 aliphatic rings. The number of aliphatic carboxylic acids is 1. The van der Waals surface area contributed by atoms with Crippen LogP contribution in [0.25, 0.3) is 0 Å². The van der Waals surface area contributed by atoms with E-state index in [2.05, 4.69) is 10.6 Å². The third-order valence-electron chi connectivity index (χ3n) is 3.08. The number of urea groups is 1. The molecule has 0 aromatic heterocycles. The van der Waals surface area contributed by atoms with Crippen molar-refractivity contribution in [1.82, 2.24) is 10.6 Å². The molecule has 1 rings (SSSR count). The number of rotatable bonds is 8. The highest BCUT2D eigenvalue weighted by molar-refractivity contribution is 7.98. The van der Waals surface area contributed by atoms with Gasteiger partial charge in [0, 0.05) is 18.2 Å². The molecule has 0 heterocycles. The molecule has 0 saturated carbocycles. The van der Waals surface area contributed by atoms with Crippen LogP contribution in [0, 0.1) is 0 Å². The molecule has 2 atom stereocenters. The van der Waals surface area contributed by atoms with Gasteiger partial charge in [-0.25, -0.2) is 9.59 Å². The Morgan fingerprint density at radius 2 is 1.90 bits per heavy atom. The van der Waals surface area contributed by atoms with E-state index in [4.69, 9.17) is 0 Å². The second-order valence-electron chi connectivity index (χ2n) is 4.76. The molecule has 21 heavy (non-hydrogen) atoms. The molecule has 0 radical (unpaired) electrons. The van der Waals surface area contributed by atoms with Gasteiger partial charge in [-0.05, 0) is 18.2 Å². The monoisotopic (exact) mass is 310 g/mol. The maximum atomic E-state index is 11.9. The Kier molecular flexibility index (Phi) is 7.68. The zero-order valence-corrected chi connectivity index (χ0v) is 13.2. The molecule has 0 aliphatic carbocycles. The van der Waals surface area contributed by atoms with E-state index in [1.165, 1.54) is 0 Å². The quantitative estimate of drug-likeness (QED) is 0.687. The summed E-state index contributed by atoms with van der Waals surface area (Å²) < 4.78 is 0. The Balaban J connectivity index is 2.58. The highest BCUT2D eigenvalue weighted by Gasteiger charge is 2.21. The van der Waals surface area contributed by atoms with Gasteiger partial charge in [-0.15, -0.1) is 0 Å². The summed E-state index contributed by atoms with van der Waals surface area (Å²) in [6.07, 6.45) is 3.05.